The first-order valence-corrected chi connectivity index (χ1v) is 8.35. The summed E-state index contributed by atoms with van der Waals surface area (Å²) in [6.45, 7) is 0.910. The third-order valence-corrected chi connectivity index (χ3v) is 5.16. The van der Waals surface area contributed by atoms with E-state index in [-0.39, 0.29) is 25.9 Å². The summed E-state index contributed by atoms with van der Waals surface area (Å²) >= 11 is 0. The largest absolute Gasteiger partial charge is 0.417 e. The number of alkyl halides is 3. The van der Waals surface area contributed by atoms with Crippen molar-refractivity contribution in [1.82, 2.24) is 4.90 Å². The number of aryl methyl sites for hydroxylation is 1. The van der Waals surface area contributed by atoms with Gasteiger partial charge in [-0.05, 0) is 42.4 Å². The number of fused-ring (bicyclic) bond motifs is 1. The molecule has 1 atom stereocenters. The van der Waals surface area contributed by atoms with E-state index >= 15 is 0 Å². The van der Waals surface area contributed by atoms with Crippen molar-refractivity contribution in [3.05, 3.63) is 41.3 Å². The highest BCUT2D eigenvalue weighted by atomic mass is 19.4. The molecule has 25 heavy (non-hydrogen) atoms. The van der Waals surface area contributed by atoms with Gasteiger partial charge in [0, 0.05) is 26.1 Å². The number of carbonyl (C=O) groups excluding carboxylic acids is 1. The van der Waals surface area contributed by atoms with Gasteiger partial charge in [0.2, 0.25) is 5.91 Å². The predicted octanol–water partition coefficient (Wildman–Crippen LogP) is 2.17. The first-order chi connectivity index (χ1) is 11.7. The molecule has 2 radical (unpaired) electrons. The van der Waals surface area contributed by atoms with Crippen LogP contribution >= 0.6 is 0 Å². The minimum Gasteiger partial charge on any atom is -0.380 e. The summed E-state index contributed by atoms with van der Waals surface area (Å²) in [4.78, 5) is 13.4. The molecule has 0 spiro atoms. The van der Waals surface area contributed by atoms with E-state index in [4.69, 9.17) is 5.73 Å². The molecule has 1 aromatic rings. The summed E-state index contributed by atoms with van der Waals surface area (Å²) in [6.07, 6.45) is -0.685. The maximum Gasteiger partial charge on any atom is 0.417 e. The molecule has 7 heteroatoms. The van der Waals surface area contributed by atoms with Crippen LogP contribution in [-0.4, -0.2) is 40.8 Å². The summed E-state index contributed by atoms with van der Waals surface area (Å²) in [5.74, 6) is -0.911. The lowest BCUT2D eigenvalue weighted by atomic mass is 9.81. The molecular weight excluding hydrogens is 333 g/mol. The first-order valence-electron chi connectivity index (χ1n) is 8.35. The number of likely N-dealkylation sites (tertiary alicyclic amines) is 1. The Morgan fingerprint density at radius 2 is 2.04 bits per heavy atom. The quantitative estimate of drug-likeness (QED) is 0.874. The van der Waals surface area contributed by atoms with Crippen LogP contribution in [0.1, 0.15) is 41.9 Å². The van der Waals surface area contributed by atoms with Crippen LogP contribution in [0.25, 0.3) is 0 Å². The second kappa shape index (κ2) is 6.61. The number of benzene rings is 1. The van der Waals surface area contributed by atoms with Gasteiger partial charge < -0.3 is 10.8 Å². The molecule has 3 rings (SSSR count). The fourth-order valence-corrected chi connectivity index (χ4v) is 3.59. The Bertz CT molecular complexity index is 652. The highest BCUT2D eigenvalue weighted by molar-refractivity contribution is 5.84. The normalized spacial score (nSPS) is 23.9. The van der Waals surface area contributed by atoms with E-state index in [2.05, 4.69) is 6.42 Å². The van der Waals surface area contributed by atoms with E-state index in [1.54, 1.807) is 0 Å². The van der Waals surface area contributed by atoms with Gasteiger partial charge in [-0.15, -0.1) is 0 Å². The highest BCUT2D eigenvalue weighted by Gasteiger charge is 2.54. The SMILES string of the molecule is NC(=O)C1[C]CCc2cc(CN3CCC(O)(C(F)(F)F)CC3)ccc21. The Morgan fingerprint density at radius 3 is 2.64 bits per heavy atom. The summed E-state index contributed by atoms with van der Waals surface area (Å²) in [6, 6.07) is 5.74. The van der Waals surface area contributed by atoms with E-state index in [1.807, 2.05) is 23.1 Å². The second-order valence-corrected chi connectivity index (χ2v) is 6.88. The number of amides is 1. The molecule has 136 valence electrons. The molecule has 4 nitrogen and oxygen atoms in total. The zero-order valence-electron chi connectivity index (χ0n) is 13.8. The monoisotopic (exact) mass is 354 g/mol. The molecule has 3 N–H and O–H groups in total. The zero-order valence-corrected chi connectivity index (χ0v) is 13.8. The van der Waals surface area contributed by atoms with Crippen LogP contribution in [0.2, 0.25) is 0 Å². The number of primary amides is 1. The van der Waals surface area contributed by atoms with Crippen LogP contribution in [0.5, 0.6) is 0 Å². The number of rotatable bonds is 3. The molecule has 0 bridgehead atoms. The maximum absolute atomic E-state index is 12.9. The van der Waals surface area contributed by atoms with Gasteiger partial charge in [0.15, 0.2) is 5.60 Å². The van der Waals surface area contributed by atoms with Gasteiger partial charge in [0.1, 0.15) is 0 Å². The zero-order chi connectivity index (χ0) is 18.2. The topological polar surface area (TPSA) is 66.6 Å². The fraction of sp³-hybridized carbons (Fsp3) is 0.556. The third kappa shape index (κ3) is 3.67. The van der Waals surface area contributed by atoms with Crippen molar-refractivity contribution >= 4 is 5.91 Å². The Hall–Kier alpha value is -1.60. The van der Waals surface area contributed by atoms with Gasteiger partial charge in [-0.25, -0.2) is 0 Å². The lowest BCUT2D eigenvalue weighted by Crippen LogP contribution is -2.53. The van der Waals surface area contributed by atoms with E-state index in [1.165, 1.54) is 0 Å². The summed E-state index contributed by atoms with van der Waals surface area (Å²) in [5, 5.41) is 9.73. The van der Waals surface area contributed by atoms with Crippen LogP contribution < -0.4 is 5.73 Å². The molecule has 1 amide bonds. The van der Waals surface area contributed by atoms with Crippen molar-refractivity contribution in [2.24, 2.45) is 5.73 Å². The summed E-state index contributed by atoms with van der Waals surface area (Å²) in [5.41, 5.74) is 5.74. The molecule has 1 heterocycles. The number of halogens is 3. The standard InChI is InChI=1S/C18H21F3N2O2/c19-18(20,21)17(25)6-8-23(9-7-17)11-12-4-5-14-13(10-12)2-1-3-15(14)16(22)24/h4-5,10,15,25H,1-2,6-9,11H2,(H2,22,24). The van der Waals surface area contributed by atoms with Crippen LogP contribution in [0.4, 0.5) is 13.2 Å². The molecule has 0 aromatic heterocycles. The van der Waals surface area contributed by atoms with Crippen molar-refractivity contribution in [2.75, 3.05) is 13.1 Å². The third-order valence-electron chi connectivity index (χ3n) is 5.16. The molecule has 0 saturated carbocycles. The van der Waals surface area contributed by atoms with E-state index < -0.39 is 23.6 Å². The number of nitrogens with zero attached hydrogens (tertiary/aromatic N) is 1. The van der Waals surface area contributed by atoms with Crippen molar-refractivity contribution in [1.29, 1.82) is 0 Å². The summed E-state index contributed by atoms with van der Waals surface area (Å²) in [7, 11) is 0. The Morgan fingerprint density at radius 1 is 1.36 bits per heavy atom. The lowest BCUT2D eigenvalue weighted by Gasteiger charge is -2.39. The Kier molecular flexibility index (Phi) is 4.81. The summed E-state index contributed by atoms with van der Waals surface area (Å²) < 4.78 is 38.6. The minimum atomic E-state index is -4.58. The average molecular weight is 354 g/mol. The van der Waals surface area contributed by atoms with Crippen LogP contribution in [0, 0.1) is 6.42 Å². The van der Waals surface area contributed by atoms with Gasteiger partial charge in [-0.2, -0.15) is 13.2 Å². The molecule has 1 fully saturated rings. The number of nitrogens with two attached hydrogens (primary N) is 1. The molecule has 1 aliphatic carbocycles. The molecule has 1 aliphatic heterocycles. The Labute approximate surface area is 144 Å². The van der Waals surface area contributed by atoms with Gasteiger partial charge >= 0.3 is 6.18 Å². The molecule has 1 aromatic carbocycles. The molecule has 2 aliphatic rings. The first kappa shape index (κ1) is 18.2. The van der Waals surface area contributed by atoms with Crippen molar-refractivity contribution in [2.45, 2.75) is 49.9 Å². The smallest absolute Gasteiger partial charge is 0.380 e. The number of hydrogen-bond acceptors (Lipinski definition) is 3. The highest BCUT2D eigenvalue weighted by Crippen LogP contribution is 2.38. The van der Waals surface area contributed by atoms with Crippen molar-refractivity contribution in [3.63, 3.8) is 0 Å². The molecular formula is C18H21F3N2O2. The lowest BCUT2D eigenvalue weighted by molar-refractivity contribution is -0.272. The number of aliphatic hydroxyl groups is 1. The van der Waals surface area contributed by atoms with E-state index in [0.29, 0.717) is 13.0 Å². The minimum absolute atomic E-state index is 0.193. The average Bonchev–Trinajstić information content (AvgIpc) is 2.55. The number of hydrogen-bond donors (Lipinski definition) is 2. The van der Waals surface area contributed by atoms with Gasteiger partial charge in [-0.3, -0.25) is 9.69 Å². The fourth-order valence-electron chi connectivity index (χ4n) is 3.59. The number of piperidine rings is 1. The molecule has 1 unspecified atom stereocenters. The molecule has 1 saturated heterocycles. The second-order valence-electron chi connectivity index (χ2n) is 6.88. The number of carbonyl (C=O) groups is 1. The van der Waals surface area contributed by atoms with Crippen LogP contribution in [-0.2, 0) is 17.8 Å². The Balaban J connectivity index is 1.66. The van der Waals surface area contributed by atoms with Crippen molar-refractivity contribution < 1.29 is 23.1 Å². The predicted molar refractivity (Wildman–Crippen MR) is 85.5 cm³/mol. The van der Waals surface area contributed by atoms with Crippen molar-refractivity contribution in [3.8, 4) is 0 Å². The van der Waals surface area contributed by atoms with E-state index in [0.717, 1.165) is 23.1 Å². The van der Waals surface area contributed by atoms with Gasteiger partial charge in [0.05, 0.1) is 5.92 Å². The van der Waals surface area contributed by atoms with Gasteiger partial charge in [-0.1, -0.05) is 18.2 Å². The van der Waals surface area contributed by atoms with Crippen LogP contribution in [0.3, 0.4) is 0 Å². The van der Waals surface area contributed by atoms with Gasteiger partial charge in [0.25, 0.3) is 0 Å². The van der Waals surface area contributed by atoms with Crippen LogP contribution in [0.15, 0.2) is 18.2 Å². The van der Waals surface area contributed by atoms with E-state index in [9.17, 15) is 23.1 Å². The maximum atomic E-state index is 12.9.